The van der Waals surface area contributed by atoms with Crippen molar-refractivity contribution in [2.45, 2.75) is 0 Å². The third-order valence-corrected chi connectivity index (χ3v) is 0. The first-order chi connectivity index (χ1) is 1.73. The van der Waals surface area contributed by atoms with Crippen LogP contribution in [0.25, 0.3) is 0 Å². The predicted molar refractivity (Wildman–Crippen MR) is 19.4 cm³/mol. The second-order valence-electron chi connectivity index (χ2n) is 0.213. The zero-order valence-corrected chi connectivity index (χ0v) is 2.48. The van der Waals surface area contributed by atoms with Crippen molar-refractivity contribution in [3.8, 4) is 0 Å². The summed E-state index contributed by atoms with van der Waals surface area (Å²) in [7, 11) is 0. The molecule has 0 aromatic carbocycles. The van der Waals surface area contributed by atoms with Crippen molar-refractivity contribution in [2.24, 2.45) is 0 Å². The predicted octanol–water partition coefficient (Wildman–Crippen LogP) is 0.488. The number of nitrogens with one attached hydrogen (secondary N) is 1. The summed E-state index contributed by atoms with van der Waals surface area (Å²) in [6.07, 6.45) is 0. The first kappa shape index (κ1) is 9.15. The van der Waals surface area contributed by atoms with Crippen LogP contribution in [0.5, 0.6) is 0 Å². The van der Waals surface area contributed by atoms with Gasteiger partial charge >= 0.3 is 18.9 Å². The van der Waals surface area contributed by atoms with Crippen LogP contribution < -0.4 is 0 Å². The zero-order valence-electron chi connectivity index (χ0n) is 1.66. The molecule has 5 heteroatoms. The summed E-state index contributed by atoms with van der Waals surface area (Å²) in [6, 6.07) is 0. The van der Waals surface area contributed by atoms with Gasteiger partial charge in [-0.25, -0.2) is 4.78 Å². The van der Waals surface area contributed by atoms with Crippen LogP contribution in [-0.4, -0.2) is 18.9 Å². The van der Waals surface area contributed by atoms with Gasteiger partial charge in [0.25, 0.3) is 11.5 Å². The summed E-state index contributed by atoms with van der Waals surface area (Å²) >= 11 is -3.11. The van der Waals surface area contributed by atoms with E-state index < -0.39 is 11.5 Å². The van der Waals surface area contributed by atoms with Crippen molar-refractivity contribution < 1.29 is 7.77 Å². The summed E-state index contributed by atoms with van der Waals surface area (Å²) in [5.41, 5.74) is 0. The molecular formula is H2F2LiNS. The standard InChI is InChI=1S/F2HNS.Li.H/c1-4(2)3;;/h3H;;. The van der Waals surface area contributed by atoms with Crippen molar-refractivity contribution in [1.82, 2.24) is 0 Å². The summed E-state index contributed by atoms with van der Waals surface area (Å²) in [4.78, 5) is 0. The second-order valence-corrected chi connectivity index (χ2v) is 0.638. The second kappa shape index (κ2) is 4.61. The minimum absolute atomic E-state index is 0. The first-order valence-corrected chi connectivity index (χ1v) is 1.54. The van der Waals surface area contributed by atoms with Gasteiger partial charge in [0.05, 0.1) is 0 Å². The molecule has 1 nitrogen and oxygen atoms in total. The molecule has 0 aliphatic rings. The van der Waals surface area contributed by atoms with E-state index in [-0.39, 0.29) is 18.9 Å². The van der Waals surface area contributed by atoms with Gasteiger partial charge in [-0.05, 0) is 0 Å². The van der Waals surface area contributed by atoms with Crippen LogP contribution >= 0.6 is 0 Å². The fourth-order valence-electron chi connectivity index (χ4n) is 0. The Kier molecular flexibility index (Phi) is 8.43. The third kappa shape index (κ3) is 84.9. The molecule has 0 atom stereocenters. The van der Waals surface area contributed by atoms with E-state index in [0.29, 0.717) is 0 Å². The number of halogens is 2. The van der Waals surface area contributed by atoms with Gasteiger partial charge in [0, 0.05) is 0 Å². The van der Waals surface area contributed by atoms with Crippen LogP contribution in [0.1, 0.15) is 0 Å². The summed E-state index contributed by atoms with van der Waals surface area (Å²) < 4.78 is 25.3. The molecule has 0 unspecified atom stereocenters. The van der Waals surface area contributed by atoms with Crippen LogP contribution in [0.15, 0.2) is 0 Å². The number of hydrogen-bond donors (Lipinski definition) is 1. The van der Waals surface area contributed by atoms with Crippen molar-refractivity contribution >= 4 is 30.3 Å². The van der Waals surface area contributed by atoms with Crippen LogP contribution in [0, 0.1) is 4.78 Å². The van der Waals surface area contributed by atoms with Crippen molar-refractivity contribution in [3.05, 3.63) is 0 Å². The monoisotopic (exact) mass is 93.0 g/mol. The Hall–Kier alpha value is 0.607. The molecule has 1 N–H and O–H groups in total. The number of hydrogen-bond acceptors (Lipinski definition) is 1. The van der Waals surface area contributed by atoms with E-state index >= 15 is 0 Å². The van der Waals surface area contributed by atoms with Crippen molar-refractivity contribution in [1.29, 1.82) is 4.78 Å². The SMILES string of the molecule is N=S(F)F.[LiH]. The maximum absolute atomic E-state index is 10.0. The third-order valence-electron chi connectivity index (χ3n) is 0. The molecule has 0 saturated heterocycles. The molecule has 0 fully saturated rings. The molecule has 0 amide bonds. The Labute approximate surface area is 43.4 Å². The summed E-state index contributed by atoms with van der Waals surface area (Å²) in [5.74, 6) is 0. The minimum atomic E-state index is -3.11. The first-order valence-electron chi connectivity index (χ1n) is 0.513. The molecular weight excluding hydrogens is 91.0 g/mol. The van der Waals surface area contributed by atoms with Crippen LogP contribution in [0.4, 0.5) is 7.77 Å². The quantitative estimate of drug-likeness (QED) is 0.421. The van der Waals surface area contributed by atoms with Crippen LogP contribution in [-0.2, 0) is 11.5 Å². The van der Waals surface area contributed by atoms with Gasteiger partial charge in [0.15, 0.2) is 0 Å². The zero-order chi connectivity index (χ0) is 3.58. The Morgan fingerprint density at radius 1 is 1.40 bits per heavy atom. The summed E-state index contributed by atoms with van der Waals surface area (Å²) in [6.45, 7) is 0. The van der Waals surface area contributed by atoms with Gasteiger partial charge in [-0.2, -0.15) is 0 Å². The van der Waals surface area contributed by atoms with Crippen LogP contribution in [0.3, 0.4) is 0 Å². The van der Waals surface area contributed by atoms with Crippen LogP contribution in [0.2, 0.25) is 0 Å². The van der Waals surface area contributed by atoms with Crippen molar-refractivity contribution in [2.75, 3.05) is 0 Å². The van der Waals surface area contributed by atoms with E-state index in [0.717, 1.165) is 0 Å². The van der Waals surface area contributed by atoms with E-state index in [4.69, 9.17) is 4.78 Å². The Morgan fingerprint density at radius 2 is 1.40 bits per heavy atom. The van der Waals surface area contributed by atoms with Gasteiger partial charge in [-0.1, -0.05) is 0 Å². The Morgan fingerprint density at radius 3 is 1.40 bits per heavy atom. The molecule has 28 valence electrons. The maximum atomic E-state index is 10.0. The molecule has 0 radical (unpaired) electrons. The molecule has 0 aliphatic heterocycles. The van der Waals surface area contributed by atoms with E-state index in [1.165, 1.54) is 0 Å². The molecule has 5 heavy (non-hydrogen) atoms. The molecule has 0 spiro atoms. The normalized spacial score (nSPS) is 7.00. The van der Waals surface area contributed by atoms with Gasteiger partial charge in [-0.15, -0.1) is 7.77 Å². The van der Waals surface area contributed by atoms with E-state index in [9.17, 15) is 7.77 Å². The van der Waals surface area contributed by atoms with Gasteiger partial charge < -0.3 is 0 Å². The molecule has 0 aromatic heterocycles. The van der Waals surface area contributed by atoms with E-state index in [1.807, 2.05) is 0 Å². The fraction of sp³-hybridized carbons (Fsp3) is 0. The molecule has 0 rings (SSSR count). The van der Waals surface area contributed by atoms with Crippen molar-refractivity contribution in [3.63, 3.8) is 0 Å². The van der Waals surface area contributed by atoms with E-state index in [1.54, 1.807) is 0 Å². The molecule has 0 bridgehead atoms. The molecule has 0 saturated carbocycles. The topological polar surface area (TPSA) is 23.9 Å². The summed E-state index contributed by atoms with van der Waals surface area (Å²) in [5, 5.41) is 0. The Bertz CT molecular complexity index is 32.6. The van der Waals surface area contributed by atoms with Gasteiger partial charge in [0.1, 0.15) is 0 Å². The average Bonchev–Trinajstić information content (AvgIpc) is 0.811. The fourth-order valence-corrected chi connectivity index (χ4v) is 0. The van der Waals surface area contributed by atoms with Gasteiger partial charge in [0.2, 0.25) is 0 Å². The van der Waals surface area contributed by atoms with Gasteiger partial charge in [-0.3, -0.25) is 0 Å². The number of rotatable bonds is 0. The molecule has 0 aliphatic carbocycles. The van der Waals surface area contributed by atoms with E-state index in [2.05, 4.69) is 0 Å². The average molecular weight is 93.0 g/mol. The molecule has 0 heterocycles. The molecule has 0 aromatic rings. The Balaban J connectivity index is 0.